The average molecular weight is 305 g/mol. The van der Waals surface area contributed by atoms with E-state index in [1.807, 2.05) is 12.1 Å². The molecule has 0 radical (unpaired) electrons. The lowest BCUT2D eigenvalue weighted by Gasteiger charge is -2.57. The molecule has 0 saturated heterocycles. The van der Waals surface area contributed by atoms with Crippen LogP contribution in [0.15, 0.2) is 12.1 Å². The Hall–Kier alpha value is -1.02. The molecule has 1 aromatic rings. The van der Waals surface area contributed by atoms with Gasteiger partial charge in [0, 0.05) is 11.1 Å². The Bertz CT molecular complexity index is 558. The summed E-state index contributed by atoms with van der Waals surface area (Å²) in [4.78, 5) is 11.3. The van der Waals surface area contributed by atoms with Gasteiger partial charge in [-0.3, -0.25) is 4.79 Å². The largest absolute Gasteiger partial charge is 0.496 e. The molecule has 0 unspecified atom stereocenters. The average Bonchev–Trinajstić information content (AvgIpc) is 2.45. The van der Waals surface area contributed by atoms with Crippen LogP contribution in [0.3, 0.4) is 0 Å². The predicted octanol–water partition coefficient (Wildman–Crippen LogP) is 4.63. The van der Waals surface area contributed by atoms with Gasteiger partial charge in [-0.1, -0.05) is 11.6 Å². The molecule has 4 saturated carbocycles. The van der Waals surface area contributed by atoms with E-state index in [1.54, 1.807) is 7.11 Å². The summed E-state index contributed by atoms with van der Waals surface area (Å²) in [5, 5.41) is 0.496. The van der Waals surface area contributed by atoms with Crippen LogP contribution in [0.5, 0.6) is 5.75 Å². The van der Waals surface area contributed by atoms with Crippen LogP contribution in [0.25, 0.3) is 0 Å². The standard InChI is InChI=1S/C18H21ClO2/c1-21-17-6-16(19)14(10-20)5-15(17)18-7-11-2-12(8-18)4-13(3-11)9-18/h5-6,10-13H,2-4,7-9H2,1H3. The molecule has 4 fully saturated rings. The van der Waals surface area contributed by atoms with Crippen molar-refractivity contribution in [3.05, 3.63) is 28.3 Å². The zero-order valence-corrected chi connectivity index (χ0v) is 13.2. The van der Waals surface area contributed by atoms with E-state index < -0.39 is 0 Å². The highest BCUT2D eigenvalue weighted by molar-refractivity contribution is 6.33. The molecule has 0 atom stereocenters. The third-order valence-electron chi connectivity index (χ3n) is 6.06. The molecule has 4 aliphatic rings. The van der Waals surface area contributed by atoms with Gasteiger partial charge in [-0.25, -0.2) is 0 Å². The number of aldehydes is 1. The highest BCUT2D eigenvalue weighted by atomic mass is 35.5. The maximum absolute atomic E-state index is 11.3. The summed E-state index contributed by atoms with van der Waals surface area (Å²) in [6.45, 7) is 0. The molecule has 5 rings (SSSR count). The molecule has 0 aliphatic heterocycles. The van der Waals surface area contributed by atoms with Gasteiger partial charge >= 0.3 is 0 Å². The molecular weight excluding hydrogens is 284 g/mol. The van der Waals surface area contributed by atoms with Crippen LogP contribution in [0.2, 0.25) is 5.02 Å². The van der Waals surface area contributed by atoms with E-state index in [2.05, 4.69) is 0 Å². The number of carbonyl (C=O) groups is 1. The number of hydrogen-bond donors (Lipinski definition) is 0. The second-order valence-electron chi connectivity index (χ2n) is 7.39. The Labute approximate surface area is 130 Å². The molecule has 0 N–H and O–H groups in total. The van der Waals surface area contributed by atoms with E-state index in [0.29, 0.717) is 10.6 Å². The molecule has 21 heavy (non-hydrogen) atoms. The maximum Gasteiger partial charge on any atom is 0.151 e. The number of hydrogen-bond acceptors (Lipinski definition) is 2. The fourth-order valence-electron chi connectivity index (χ4n) is 5.69. The number of benzene rings is 1. The minimum absolute atomic E-state index is 0.225. The first kappa shape index (κ1) is 13.6. The SMILES string of the molecule is COc1cc(Cl)c(C=O)cc1C12CC3CC(CC(C3)C1)C2. The number of halogens is 1. The zero-order chi connectivity index (χ0) is 14.6. The van der Waals surface area contributed by atoms with E-state index in [4.69, 9.17) is 16.3 Å². The fourth-order valence-corrected chi connectivity index (χ4v) is 5.88. The molecule has 4 aliphatic carbocycles. The predicted molar refractivity (Wildman–Crippen MR) is 83.2 cm³/mol. The number of ether oxygens (including phenoxy) is 1. The van der Waals surface area contributed by atoms with Gasteiger partial charge in [-0.05, 0) is 73.8 Å². The van der Waals surface area contributed by atoms with Crippen molar-refractivity contribution in [3.8, 4) is 5.75 Å². The molecule has 112 valence electrons. The first-order valence-corrected chi connectivity index (χ1v) is 8.34. The number of rotatable bonds is 3. The molecule has 0 heterocycles. The van der Waals surface area contributed by atoms with Crippen molar-refractivity contribution < 1.29 is 9.53 Å². The van der Waals surface area contributed by atoms with Crippen molar-refractivity contribution in [1.29, 1.82) is 0 Å². The van der Waals surface area contributed by atoms with Crippen LogP contribution in [0, 0.1) is 17.8 Å². The van der Waals surface area contributed by atoms with Crippen LogP contribution < -0.4 is 4.74 Å². The monoisotopic (exact) mass is 304 g/mol. The summed E-state index contributed by atoms with van der Waals surface area (Å²) in [5.74, 6) is 3.48. The molecule has 2 nitrogen and oxygen atoms in total. The summed E-state index contributed by atoms with van der Waals surface area (Å²) in [5.41, 5.74) is 2.06. The second kappa shape index (κ2) is 4.74. The van der Waals surface area contributed by atoms with E-state index in [9.17, 15) is 4.79 Å². The van der Waals surface area contributed by atoms with Gasteiger partial charge in [-0.2, -0.15) is 0 Å². The molecule has 0 aromatic heterocycles. The first-order chi connectivity index (χ1) is 10.1. The van der Waals surface area contributed by atoms with Crippen LogP contribution >= 0.6 is 11.6 Å². The Kier molecular flexibility index (Phi) is 3.08. The van der Waals surface area contributed by atoms with Gasteiger partial charge in [0.05, 0.1) is 12.1 Å². The van der Waals surface area contributed by atoms with Crippen molar-refractivity contribution in [3.63, 3.8) is 0 Å². The quantitative estimate of drug-likeness (QED) is 0.761. The van der Waals surface area contributed by atoms with Crippen molar-refractivity contribution >= 4 is 17.9 Å². The van der Waals surface area contributed by atoms with Crippen molar-refractivity contribution in [1.82, 2.24) is 0 Å². The maximum atomic E-state index is 11.3. The van der Waals surface area contributed by atoms with Crippen LogP contribution in [-0.4, -0.2) is 13.4 Å². The summed E-state index contributed by atoms with van der Waals surface area (Å²) in [7, 11) is 1.70. The number of carbonyl (C=O) groups excluding carboxylic acids is 1. The van der Waals surface area contributed by atoms with Gasteiger partial charge < -0.3 is 4.74 Å². The molecule has 3 heteroatoms. The lowest BCUT2D eigenvalue weighted by molar-refractivity contribution is -0.00616. The highest BCUT2D eigenvalue weighted by Gasteiger charge is 2.52. The zero-order valence-electron chi connectivity index (χ0n) is 12.4. The Morgan fingerprint density at radius 1 is 1.14 bits per heavy atom. The van der Waals surface area contributed by atoms with E-state index >= 15 is 0 Å². The second-order valence-corrected chi connectivity index (χ2v) is 7.80. The molecular formula is C18H21ClO2. The third kappa shape index (κ3) is 2.03. The van der Waals surface area contributed by atoms with Gasteiger partial charge in [0.15, 0.2) is 6.29 Å². The van der Waals surface area contributed by atoms with Crippen molar-refractivity contribution in [2.24, 2.45) is 17.8 Å². The lowest BCUT2D eigenvalue weighted by atomic mass is 9.48. The van der Waals surface area contributed by atoms with Gasteiger partial charge in [0.25, 0.3) is 0 Å². The summed E-state index contributed by atoms with van der Waals surface area (Å²) < 4.78 is 5.61. The molecule has 0 amide bonds. The Morgan fingerprint density at radius 3 is 2.19 bits per heavy atom. The normalized spacial score (nSPS) is 36.8. The smallest absolute Gasteiger partial charge is 0.151 e. The highest BCUT2D eigenvalue weighted by Crippen LogP contribution is 2.62. The van der Waals surface area contributed by atoms with E-state index in [0.717, 1.165) is 29.8 Å². The summed E-state index contributed by atoms with van der Waals surface area (Å²) in [6.07, 6.45) is 8.88. The minimum atomic E-state index is 0.225. The van der Waals surface area contributed by atoms with Crippen LogP contribution in [-0.2, 0) is 5.41 Å². The third-order valence-corrected chi connectivity index (χ3v) is 6.38. The van der Waals surface area contributed by atoms with Crippen LogP contribution in [0.4, 0.5) is 0 Å². The van der Waals surface area contributed by atoms with Crippen molar-refractivity contribution in [2.45, 2.75) is 43.9 Å². The molecule has 4 bridgehead atoms. The lowest BCUT2D eigenvalue weighted by Crippen LogP contribution is -2.48. The Balaban J connectivity index is 1.84. The fraction of sp³-hybridized carbons (Fsp3) is 0.611. The molecule has 0 spiro atoms. The van der Waals surface area contributed by atoms with Crippen molar-refractivity contribution in [2.75, 3.05) is 7.11 Å². The summed E-state index contributed by atoms with van der Waals surface area (Å²) >= 11 is 6.18. The van der Waals surface area contributed by atoms with Gasteiger partial charge in [0.2, 0.25) is 0 Å². The number of methoxy groups -OCH3 is 1. The first-order valence-electron chi connectivity index (χ1n) is 7.97. The molecule has 1 aromatic carbocycles. The van der Waals surface area contributed by atoms with E-state index in [-0.39, 0.29) is 5.41 Å². The van der Waals surface area contributed by atoms with E-state index in [1.165, 1.54) is 44.1 Å². The summed E-state index contributed by atoms with van der Waals surface area (Å²) in [6, 6.07) is 3.83. The van der Waals surface area contributed by atoms with Gasteiger partial charge in [-0.15, -0.1) is 0 Å². The Morgan fingerprint density at radius 2 is 1.71 bits per heavy atom. The van der Waals surface area contributed by atoms with Crippen LogP contribution in [0.1, 0.15) is 54.4 Å². The minimum Gasteiger partial charge on any atom is -0.496 e. The topological polar surface area (TPSA) is 26.3 Å². The van der Waals surface area contributed by atoms with Gasteiger partial charge in [0.1, 0.15) is 5.75 Å².